The number of likely N-dealkylation sites (tertiary alicyclic amines) is 1. The largest absolute Gasteiger partial charge is 0.483 e. The average molecular weight is 945 g/mol. The number of nitrogens with zero attached hydrogens (tertiary/aromatic N) is 6. The van der Waals surface area contributed by atoms with Crippen LogP contribution in [0.4, 0.5) is 20.4 Å². The van der Waals surface area contributed by atoms with E-state index in [1.165, 1.54) is 13.2 Å². The fourth-order valence-corrected chi connectivity index (χ4v) is 9.13. The van der Waals surface area contributed by atoms with Gasteiger partial charge in [-0.15, -0.1) is 0 Å². The van der Waals surface area contributed by atoms with Gasteiger partial charge in [0.2, 0.25) is 23.5 Å². The summed E-state index contributed by atoms with van der Waals surface area (Å²) in [6, 6.07) is 11.3. The summed E-state index contributed by atoms with van der Waals surface area (Å²) in [5.74, 6) is -2.68. The molecule has 5 N–H and O–H groups in total. The molecular weight excluding hydrogens is 895 g/mol. The highest BCUT2D eigenvalue weighted by Gasteiger charge is 2.30. The molecule has 0 radical (unpaired) electrons. The molecule has 0 aliphatic carbocycles. The van der Waals surface area contributed by atoms with E-state index in [0.717, 1.165) is 47.7 Å². The minimum atomic E-state index is -4.15. The number of nitrogens with one attached hydrogen (secondary N) is 4. The molecule has 3 fully saturated rings. The number of anilines is 2. The monoisotopic (exact) mass is 944 g/mol. The van der Waals surface area contributed by atoms with Crippen molar-refractivity contribution in [2.45, 2.75) is 63.5 Å². The first-order valence-electron chi connectivity index (χ1n) is 21.7. The fourth-order valence-electron chi connectivity index (χ4n) is 8.20. The number of pyridine rings is 1. The fraction of sp³-hybridized carbons (Fsp3) is 0.378. The van der Waals surface area contributed by atoms with E-state index in [-0.39, 0.29) is 49.4 Å². The van der Waals surface area contributed by atoms with Crippen molar-refractivity contribution in [2.75, 3.05) is 55.9 Å². The number of fused-ring (bicyclic) bond motifs is 1. The van der Waals surface area contributed by atoms with Gasteiger partial charge in [-0.3, -0.25) is 34.0 Å². The van der Waals surface area contributed by atoms with Gasteiger partial charge in [0.05, 0.1) is 17.8 Å². The summed E-state index contributed by atoms with van der Waals surface area (Å²) < 4.78 is 64.5. The van der Waals surface area contributed by atoms with Gasteiger partial charge >= 0.3 is 10.2 Å². The van der Waals surface area contributed by atoms with Gasteiger partial charge in [0.1, 0.15) is 17.2 Å². The van der Waals surface area contributed by atoms with E-state index in [0.29, 0.717) is 72.4 Å². The molecule has 354 valence electrons. The molecule has 1 atom stereocenters. The number of H-pyrrole nitrogens is 1. The van der Waals surface area contributed by atoms with Crippen molar-refractivity contribution >= 4 is 62.9 Å². The van der Waals surface area contributed by atoms with Gasteiger partial charge in [-0.2, -0.15) is 12.7 Å². The smallest absolute Gasteiger partial charge is 0.301 e. The highest BCUT2D eigenvalue weighted by molar-refractivity contribution is 7.90. The number of carbonyl (C=O) groups is 5. The van der Waals surface area contributed by atoms with Crippen molar-refractivity contribution in [3.8, 4) is 16.9 Å². The molecule has 1 unspecified atom stereocenters. The summed E-state index contributed by atoms with van der Waals surface area (Å²) in [7, 11) is -2.86. The Labute approximate surface area is 384 Å². The van der Waals surface area contributed by atoms with Crippen LogP contribution in [-0.4, -0.2) is 131 Å². The quantitative estimate of drug-likeness (QED) is 0.0601. The zero-order valence-corrected chi connectivity index (χ0v) is 37.5. The van der Waals surface area contributed by atoms with Gasteiger partial charge in [-0.05, 0) is 67.5 Å². The number of halogens is 2. The number of piperidine rings is 3. The minimum Gasteiger partial charge on any atom is -0.483 e. The number of ketones is 1. The summed E-state index contributed by atoms with van der Waals surface area (Å²) in [5.41, 5.74) is 1.07. The summed E-state index contributed by atoms with van der Waals surface area (Å²) in [6.07, 6.45) is 9.36. The van der Waals surface area contributed by atoms with Crippen LogP contribution in [-0.2, 0) is 29.4 Å². The third kappa shape index (κ3) is 11.2. The maximum Gasteiger partial charge on any atom is 0.301 e. The number of carboxylic acid groups (broad SMARTS) is 1. The standard InChI is InChI=1S/C44H48F2N10O7S.CH2O2/c1-3-54(2)64(61,62)53-35-9-8-34(45)39(40(35)46)41(59)33-24-49-42-32(33)20-28(21-48-42)29-22-50-44(51-23-29)56-18-14-30(15-19-56)47-25-38(58)55-16-12-27(13-17-55)26-4-6-31(7-5-26)63-36-10-11-37(57)52-43(36)60;2-1-3/h4-9,20-24,27,30,36,47,53H,3,10-19,25H2,1-2H3,(H,48,49)(H,52,57,60);1H,(H,2,3). The Bertz CT molecular complexity index is 2730. The Balaban J connectivity index is 0.00000216. The minimum absolute atomic E-state index is 0.0616. The van der Waals surface area contributed by atoms with E-state index in [1.54, 1.807) is 31.6 Å². The van der Waals surface area contributed by atoms with E-state index in [4.69, 9.17) is 14.6 Å². The van der Waals surface area contributed by atoms with E-state index in [1.807, 2.05) is 29.2 Å². The van der Waals surface area contributed by atoms with Crippen molar-refractivity contribution in [1.29, 1.82) is 0 Å². The van der Waals surface area contributed by atoms with Crippen LogP contribution in [0.2, 0.25) is 0 Å². The second-order valence-electron chi connectivity index (χ2n) is 16.3. The van der Waals surface area contributed by atoms with E-state index in [9.17, 15) is 27.6 Å². The van der Waals surface area contributed by atoms with Gasteiger partial charge in [0.25, 0.3) is 12.4 Å². The molecule has 3 aliphatic rings. The molecule has 0 saturated carbocycles. The molecule has 22 heteroatoms. The molecule has 5 aromatic rings. The van der Waals surface area contributed by atoms with Crippen LogP contribution in [0.1, 0.15) is 72.9 Å². The zero-order valence-electron chi connectivity index (χ0n) is 36.7. The summed E-state index contributed by atoms with van der Waals surface area (Å²) in [6.45, 7) is 4.39. The number of amides is 3. The molecule has 3 amide bonds. The van der Waals surface area contributed by atoms with Crippen molar-refractivity contribution < 1.29 is 51.0 Å². The molecular formula is C45H50F2N10O9S. The summed E-state index contributed by atoms with van der Waals surface area (Å²) in [5, 5.41) is 12.9. The highest BCUT2D eigenvalue weighted by Crippen LogP contribution is 2.32. The average Bonchev–Trinajstić information content (AvgIpc) is 3.77. The van der Waals surface area contributed by atoms with Crippen LogP contribution in [0.3, 0.4) is 0 Å². The van der Waals surface area contributed by atoms with E-state index < -0.39 is 50.9 Å². The summed E-state index contributed by atoms with van der Waals surface area (Å²) >= 11 is 0. The number of carbonyl (C=O) groups excluding carboxylic acids is 4. The molecule has 3 aromatic heterocycles. The lowest BCUT2D eigenvalue weighted by atomic mass is 9.89. The number of hydrogen-bond acceptors (Lipinski definition) is 13. The zero-order chi connectivity index (χ0) is 47.8. The third-order valence-electron chi connectivity index (χ3n) is 12.1. The Kier molecular flexibility index (Phi) is 15.2. The number of aromatic nitrogens is 4. The number of benzene rings is 2. The Hall–Kier alpha value is -6.91. The molecule has 3 aliphatic heterocycles. The van der Waals surface area contributed by atoms with Crippen LogP contribution in [0.25, 0.3) is 22.2 Å². The first-order chi connectivity index (χ1) is 32.2. The number of hydrogen-bond donors (Lipinski definition) is 5. The first-order valence-corrected chi connectivity index (χ1v) is 23.1. The maximum absolute atomic E-state index is 15.6. The topological polar surface area (TPSA) is 249 Å². The molecule has 2 aromatic carbocycles. The van der Waals surface area contributed by atoms with Gasteiger partial charge in [-0.1, -0.05) is 19.1 Å². The molecule has 6 heterocycles. The van der Waals surface area contributed by atoms with Crippen LogP contribution < -0.4 is 25.0 Å². The van der Waals surface area contributed by atoms with Crippen LogP contribution in [0.15, 0.2) is 67.3 Å². The Morgan fingerprint density at radius 3 is 2.28 bits per heavy atom. The number of imide groups is 1. The van der Waals surface area contributed by atoms with Gasteiger partial charge in [0, 0.05) is 106 Å². The predicted octanol–water partition coefficient (Wildman–Crippen LogP) is 3.99. The predicted molar refractivity (Wildman–Crippen MR) is 241 cm³/mol. The van der Waals surface area contributed by atoms with Gasteiger partial charge in [-0.25, -0.2) is 23.7 Å². The second-order valence-corrected chi connectivity index (χ2v) is 18.0. The number of aromatic amines is 1. The Morgan fingerprint density at radius 2 is 1.63 bits per heavy atom. The number of rotatable bonds is 14. The van der Waals surface area contributed by atoms with Crippen LogP contribution in [0.5, 0.6) is 5.75 Å². The SMILES string of the molecule is CCN(C)S(=O)(=O)Nc1ccc(F)c(C(=O)c2c[nH]c3ncc(-c4cnc(N5CCC(NCC(=O)N6CCC(c7ccc(OC8CCC(=O)NC8=O)cc7)CC6)CC5)nc4)cc23)c1F.O=CO. The van der Waals surface area contributed by atoms with Crippen molar-refractivity contribution in [2.24, 2.45) is 0 Å². The first kappa shape index (κ1) is 48.0. The lowest BCUT2D eigenvalue weighted by Gasteiger charge is -2.34. The maximum atomic E-state index is 15.6. The molecule has 0 bridgehead atoms. The molecule has 3 saturated heterocycles. The highest BCUT2D eigenvalue weighted by atomic mass is 32.2. The number of ether oxygens (including phenoxy) is 1. The van der Waals surface area contributed by atoms with E-state index in [2.05, 4.69) is 40.2 Å². The van der Waals surface area contributed by atoms with Crippen LogP contribution in [0, 0.1) is 11.6 Å². The van der Waals surface area contributed by atoms with E-state index >= 15 is 8.78 Å². The van der Waals surface area contributed by atoms with Gasteiger partial charge in [0.15, 0.2) is 11.9 Å². The second kappa shape index (κ2) is 21.2. The molecule has 8 rings (SSSR count). The molecule has 19 nitrogen and oxygen atoms in total. The van der Waals surface area contributed by atoms with Crippen LogP contribution >= 0.6 is 0 Å². The lowest BCUT2D eigenvalue weighted by Crippen LogP contribution is -2.48. The van der Waals surface area contributed by atoms with Gasteiger partial charge < -0.3 is 29.9 Å². The van der Waals surface area contributed by atoms with Crippen molar-refractivity contribution in [3.05, 3.63) is 95.6 Å². The molecule has 0 spiro atoms. The lowest BCUT2D eigenvalue weighted by molar-refractivity contribution is -0.139. The summed E-state index contributed by atoms with van der Waals surface area (Å²) in [4.78, 5) is 79.1. The molecule has 67 heavy (non-hydrogen) atoms. The Morgan fingerprint density at radius 1 is 0.955 bits per heavy atom. The third-order valence-corrected chi connectivity index (χ3v) is 13.7. The van der Waals surface area contributed by atoms with Crippen molar-refractivity contribution in [1.82, 2.24) is 39.8 Å². The normalized spacial score (nSPS) is 17.2. The van der Waals surface area contributed by atoms with Crippen molar-refractivity contribution in [3.63, 3.8) is 0 Å².